The quantitative estimate of drug-likeness (QED) is 0.645. The van der Waals surface area contributed by atoms with Crippen LogP contribution in [0.5, 0.6) is 0 Å². The van der Waals surface area contributed by atoms with Crippen LogP contribution in [0.3, 0.4) is 0 Å². The molecule has 166 valence electrons. The molecule has 1 atom stereocenters. The summed E-state index contributed by atoms with van der Waals surface area (Å²) in [4.78, 5) is 30.2. The summed E-state index contributed by atoms with van der Waals surface area (Å²) in [5, 5.41) is 0.868. The highest BCUT2D eigenvalue weighted by atomic mass is 35.5. The minimum Gasteiger partial charge on any atom is -0.450 e. The van der Waals surface area contributed by atoms with Gasteiger partial charge in [0.1, 0.15) is 18.7 Å². The van der Waals surface area contributed by atoms with Crippen molar-refractivity contribution >= 4 is 28.5 Å². The molecule has 32 heavy (non-hydrogen) atoms. The lowest BCUT2D eigenvalue weighted by Gasteiger charge is -2.27. The van der Waals surface area contributed by atoms with E-state index in [0.29, 0.717) is 28.1 Å². The molecule has 2 aliphatic rings. The normalized spacial score (nSPS) is 19.0. The van der Waals surface area contributed by atoms with Gasteiger partial charge < -0.3 is 19.0 Å². The third kappa shape index (κ3) is 3.83. The molecule has 3 heterocycles. The van der Waals surface area contributed by atoms with Crippen LogP contribution in [0.25, 0.3) is 11.0 Å². The average Bonchev–Trinajstić information content (AvgIpc) is 3.08. The summed E-state index contributed by atoms with van der Waals surface area (Å²) < 4.78 is 11.4. The van der Waals surface area contributed by atoms with Gasteiger partial charge in [-0.3, -0.25) is 9.59 Å². The van der Waals surface area contributed by atoms with Crippen molar-refractivity contribution in [2.45, 2.75) is 19.4 Å². The second kappa shape index (κ2) is 8.70. The number of nitrogens with one attached hydrogen (secondary N) is 1. The predicted molar refractivity (Wildman–Crippen MR) is 123 cm³/mol. The number of carbonyl (C=O) groups excluding carboxylic acids is 1. The fraction of sp³-hybridized carbons (Fsp3) is 0.360. The number of benzene rings is 2. The zero-order valence-electron chi connectivity index (χ0n) is 18.0. The van der Waals surface area contributed by atoms with Gasteiger partial charge in [-0.2, -0.15) is 0 Å². The summed E-state index contributed by atoms with van der Waals surface area (Å²) in [5.74, 6) is -0.0781. The van der Waals surface area contributed by atoms with Gasteiger partial charge in [0.25, 0.3) is 5.91 Å². The average molecular weight is 454 g/mol. The Morgan fingerprint density at radius 1 is 1.09 bits per heavy atom. The van der Waals surface area contributed by atoms with Gasteiger partial charge >= 0.3 is 0 Å². The number of hydrogen-bond donors (Lipinski definition) is 1. The van der Waals surface area contributed by atoms with Gasteiger partial charge in [-0.25, -0.2) is 0 Å². The first kappa shape index (κ1) is 21.2. The van der Waals surface area contributed by atoms with Crippen LogP contribution in [0.4, 0.5) is 0 Å². The Morgan fingerprint density at radius 3 is 2.59 bits per heavy atom. The van der Waals surface area contributed by atoms with Crippen molar-refractivity contribution in [1.82, 2.24) is 4.90 Å². The highest BCUT2D eigenvalue weighted by Gasteiger charge is 2.42. The van der Waals surface area contributed by atoms with Gasteiger partial charge in [-0.15, -0.1) is 0 Å². The molecule has 1 unspecified atom stereocenters. The molecule has 1 N–H and O–H groups in total. The Bertz CT molecular complexity index is 1220. The maximum atomic E-state index is 13.5. The fourth-order valence-electron chi connectivity index (χ4n) is 4.73. The molecule has 7 heteroatoms. The van der Waals surface area contributed by atoms with Crippen LogP contribution in [0.1, 0.15) is 39.7 Å². The first-order valence-electron chi connectivity index (χ1n) is 11.1. The lowest BCUT2D eigenvalue weighted by Crippen LogP contribution is -3.14. The number of nitrogens with zero attached hydrogens (tertiary/aromatic N) is 1. The van der Waals surface area contributed by atoms with Crippen LogP contribution < -0.4 is 10.3 Å². The Balaban J connectivity index is 1.53. The Labute approximate surface area is 191 Å². The molecule has 0 bridgehead atoms. The molecule has 6 nitrogen and oxygen atoms in total. The third-order valence-electron chi connectivity index (χ3n) is 6.45. The van der Waals surface area contributed by atoms with E-state index in [0.717, 1.165) is 50.4 Å². The van der Waals surface area contributed by atoms with Crippen LogP contribution >= 0.6 is 11.6 Å². The van der Waals surface area contributed by atoms with Crippen molar-refractivity contribution < 1.29 is 18.8 Å². The number of quaternary nitrogens is 1. The maximum Gasteiger partial charge on any atom is 0.290 e. The zero-order valence-corrected chi connectivity index (χ0v) is 18.8. The lowest BCUT2D eigenvalue weighted by atomic mass is 9.97. The van der Waals surface area contributed by atoms with E-state index < -0.39 is 6.04 Å². The van der Waals surface area contributed by atoms with Gasteiger partial charge in [-0.05, 0) is 30.7 Å². The largest absolute Gasteiger partial charge is 0.450 e. The van der Waals surface area contributed by atoms with E-state index >= 15 is 0 Å². The summed E-state index contributed by atoms with van der Waals surface area (Å²) in [5.41, 5.74) is 2.64. The van der Waals surface area contributed by atoms with Gasteiger partial charge in [-0.1, -0.05) is 41.4 Å². The molecular weight excluding hydrogens is 428 g/mol. The summed E-state index contributed by atoms with van der Waals surface area (Å²) in [6.07, 6.45) is 0.844. The van der Waals surface area contributed by atoms with Crippen molar-refractivity contribution in [3.8, 4) is 0 Å². The number of halogens is 1. The topological polar surface area (TPSA) is 64.2 Å². The molecule has 0 spiro atoms. The second-order valence-corrected chi connectivity index (χ2v) is 9.03. The zero-order chi connectivity index (χ0) is 22.2. The fourth-order valence-corrected chi connectivity index (χ4v) is 4.90. The molecule has 0 aliphatic carbocycles. The van der Waals surface area contributed by atoms with Gasteiger partial charge in [0.2, 0.25) is 5.76 Å². The van der Waals surface area contributed by atoms with Crippen molar-refractivity contribution in [3.63, 3.8) is 0 Å². The van der Waals surface area contributed by atoms with E-state index in [4.69, 9.17) is 20.8 Å². The molecule has 2 aliphatic heterocycles. The van der Waals surface area contributed by atoms with Crippen LogP contribution in [-0.2, 0) is 4.74 Å². The van der Waals surface area contributed by atoms with Crippen molar-refractivity contribution in [2.75, 3.05) is 39.4 Å². The van der Waals surface area contributed by atoms with Crippen LogP contribution in [0.2, 0.25) is 5.02 Å². The van der Waals surface area contributed by atoms with Crippen molar-refractivity contribution in [2.24, 2.45) is 0 Å². The molecule has 0 saturated carbocycles. The minimum atomic E-state index is -0.461. The molecule has 1 saturated heterocycles. The number of rotatable bonds is 5. The van der Waals surface area contributed by atoms with E-state index in [1.807, 2.05) is 31.2 Å². The molecule has 5 rings (SSSR count). The van der Waals surface area contributed by atoms with E-state index in [-0.39, 0.29) is 17.1 Å². The number of carbonyl (C=O) groups is 1. The molecule has 0 radical (unpaired) electrons. The van der Waals surface area contributed by atoms with E-state index in [1.165, 1.54) is 4.90 Å². The summed E-state index contributed by atoms with van der Waals surface area (Å²) in [6, 6.07) is 12.5. The number of morpholine rings is 1. The number of ether oxygens (including phenoxy) is 1. The molecule has 2 aromatic carbocycles. The predicted octanol–water partition coefficient (Wildman–Crippen LogP) is 2.61. The van der Waals surface area contributed by atoms with Gasteiger partial charge in [0.15, 0.2) is 5.43 Å². The lowest BCUT2D eigenvalue weighted by molar-refractivity contribution is -0.908. The highest BCUT2D eigenvalue weighted by molar-refractivity contribution is 6.31. The SMILES string of the molecule is Cc1ccc(C2c3c(oc4ccc(Cl)cc4c3=O)C(=O)N2CCC[NH+]2CCOCC2)cc1. The number of hydrogen-bond acceptors (Lipinski definition) is 4. The molecule has 1 aromatic heterocycles. The van der Waals surface area contributed by atoms with Crippen molar-refractivity contribution in [1.29, 1.82) is 0 Å². The van der Waals surface area contributed by atoms with Gasteiger partial charge in [0.05, 0.1) is 36.8 Å². The van der Waals surface area contributed by atoms with E-state index in [2.05, 4.69) is 0 Å². The molecule has 1 fully saturated rings. The molecule has 3 aromatic rings. The first-order chi connectivity index (χ1) is 15.5. The second-order valence-electron chi connectivity index (χ2n) is 8.59. The van der Waals surface area contributed by atoms with Gasteiger partial charge in [0, 0.05) is 18.0 Å². The minimum absolute atomic E-state index is 0.147. The monoisotopic (exact) mass is 453 g/mol. The Hall–Kier alpha value is -2.67. The molecular formula is C25H26ClN2O4+. The van der Waals surface area contributed by atoms with E-state index in [1.54, 1.807) is 23.1 Å². The molecule has 1 amide bonds. The Morgan fingerprint density at radius 2 is 1.84 bits per heavy atom. The van der Waals surface area contributed by atoms with Crippen LogP contribution in [-0.4, -0.2) is 50.2 Å². The van der Waals surface area contributed by atoms with Crippen LogP contribution in [0.15, 0.2) is 51.7 Å². The van der Waals surface area contributed by atoms with Crippen molar-refractivity contribution in [3.05, 3.63) is 80.2 Å². The number of aryl methyl sites for hydroxylation is 1. The number of amides is 1. The summed E-state index contributed by atoms with van der Waals surface area (Å²) >= 11 is 6.14. The Kier molecular flexibility index (Phi) is 5.76. The first-order valence-corrected chi connectivity index (χ1v) is 11.5. The number of fused-ring (bicyclic) bond motifs is 2. The third-order valence-corrected chi connectivity index (χ3v) is 6.69. The smallest absolute Gasteiger partial charge is 0.290 e. The van der Waals surface area contributed by atoms with E-state index in [9.17, 15) is 9.59 Å². The maximum absolute atomic E-state index is 13.5. The van der Waals surface area contributed by atoms with Crippen LogP contribution in [0, 0.1) is 6.92 Å². The summed E-state index contributed by atoms with van der Waals surface area (Å²) in [7, 11) is 0. The highest BCUT2D eigenvalue weighted by Crippen LogP contribution is 2.38. The standard InChI is InChI=1S/C25H25ClN2O4/c1-16-3-5-17(6-4-16)22-21-23(29)19-15-18(26)7-8-20(19)32-24(21)25(30)28(22)10-2-9-27-11-13-31-14-12-27/h3-8,15,22H,2,9-14H2,1H3/p+1. The summed E-state index contributed by atoms with van der Waals surface area (Å²) in [6.45, 7) is 7.07.